The van der Waals surface area contributed by atoms with E-state index < -0.39 is 0 Å². The van der Waals surface area contributed by atoms with Crippen molar-refractivity contribution < 1.29 is 4.79 Å². The van der Waals surface area contributed by atoms with Gasteiger partial charge in [-0.25, -0.2) is 0 Å². The molecule has 0 fully saturated rings. The number of allylic oxidation sites excluding steroid dienone is 1. The van der Waals surface area contributed by atoms with Crippen LogP contribution in [0.1, 0.15) is 16.1 Å². The molecule has 0 saturated carbocycles. The van der Waals surface area contributed by atoms with E-state index in [1.807, 2.05) is 72.8 Å². The minimum absolute atomic E-state index is 0.0900. The molecular formula is C23H16N2O. The highest BCUT2D eigenvalue weighted by Gasteiger charge is 2.15. The van der Waals surface area contributed by atoms with Gasteiger partial charge in [-0.3, -0.25) is 14.8 Å². The van der Waals surface area contributed by atoms with E-state index in [4.69, 9.17) is 0 Å². The summed E-state index contributed by atoms with van der Waals surface area (Å²) in [6.07, 6.45) is 6.65. The van der Waals surface area contributed by atoms with Gasteiger partial charge in [-0.2, -0.15) is 0 Å². The van der Waals surface area contributed by atoms with E-state index in [1.54, 1.807) is 24.5 Å². The molecule has 2 aromatic carbocycles. The van der Waals surface area contributed by atoms with Crippen LogP contribution in [-0.2, 0) is 0 Å². The maximum absolute atomic E-state index is 12.9. The van der Waals surface area contributed by atoms with Gasteiger partial charge in [-0.1, -0.05) is 54.6 Å². The number of rotatable bonds is 4. The van der Waals surface area contributed by atoms with Crippen molar-refractivity contribution in [3.05, 3.63) is 103 Å². The number of carbonyl (C=O) groups excluding carboxylic acids is 1. The Morgan fingerprint density at radius 1 is 0.808 bits per heavy atom. The summed E-state index contributed by atoms with van der Waals surface area (Å²) >= 11 is 0. The first kappa shape index (κ1) is 15.9. The highest BCUT2D eigenvalue weighted by Crippen LogP contribution is 2.31. The van der Waals surface area contributed by atoms with E-state index in [1.165, 1.54) is 0 Å². The predicted octanol–water partition coefficient (Wildman–Crippen LogP) is 5.19. The number of ketones is 1. The largest absolute Gasteiger partial charge is 0.289 e. The Kier molecular flexibility index (Phi) is 4.35. The molecule has 0 spiro atoms. The van der Waals surface area contributed by atoms with Gasteiger partial charge in [0.2, 0.25) is 0 Å². The zero-order valence-electron chi connectivity index (χ0n) is 14.0. The van der Waals surface area contributed by atoms with Gasteiger partial charge >= 0.3 is 0 Å². The lowest BCUT2D eigenvalue weighted by atomic mass is 9.94. The number of pyridine rings is 2. The molecule has 3 nitrogen and oxygen atoms in total. The normalized spacial score (nSPS) is 11.1. The molecular weight excluding hydrogens is 320 g/mol. The van der Waals surface area contributed by atoms with Gasteiger partial charge in [0.25, 0.3) is 0 Å². The third-order valence-electron chi connectivity index (χ3n) is 4.20. The highest BCUT2D eigenvalue weighted by atomic mass is 16.1. The Bertz CT molecular complexity index is 1090. The van der Waals surface area contributed by atoms with Gasteiger partial charge in [-0.15, -0.1) is 0 Å². The molecule has 0 unspecified atom stereocenters. The minimum Gasteiger partial charge on any atom is -0.289 e. The predicted molar refractivity (Wildman–Crippen MR) is 105 cm³/mol. The molecule has 4 rings (SSSR count). The molecule has 0 saturated heterocycles. The van der Waals surface area contributed by atoms with Crippen LogP contribution in [0.3, 0.4) is 0 Å². The molecule has 0 atom stereocenters. The Balaban J connectivity index is 1.84. The van der Waals surface area contributed by atoms with Gasteiger partial charge in [-0.05, 0) is 35.9 Å². The van der Waals surface area contributed by atoms with Crippen LogP contribution in [0.25, 0.3) is 28.1 Å². The molecule has 0 amide bonds. The van der Waals surface area contributed by atoms with Gasteiger partial charge in [0.05, 0.1) is 11.2 Å². The monoisotopic (exact) mass is 336 g/mol. The van der Waals surface area contributed by atoms with Crippen LogP contribution in [-0.4, -0.2) is 15.8 Å². The van der Waals surface area contributed by atoms with Crippen molar-refractivity contribution in [1.82, 2.24) is 9.97 Å². The van der Waals surface area contributed by atoms with Crippen LogP contribution in [0, 0.1) is 0 Å². The van der Waals surface area contributed by atoms with Gasteiger partial charge in [0.1, 0.15) is 0 Å². The lowest BCUT2D eigenvalue weighted by Crippen LogP contribution is -2.00. The molecule has 0 N–H and O–H groups in total. The summed E-state index contributed by atoms with van der Waals surface area (Å²) < 4.78 is 0. The van der Waals surface area contributed by atoms with E-state index in [0.717, 1.165) is 27.7 Å². The van der Waals surface area contributed by atoms with Crippen molar-refractivity contribution in [2.45, 2.75) is 0 Å². The first-order valence-corrected chi connectivity index (χ1v) is 8.39. The fraction of sp³-hybridized carbons (Fsp3) is 0. The van der Waals surface area contributed by atoms with E-state index in [-0.39, 0.29) is 5.78 Å². The number of hydrogen-bond acceptors (Lipinski definition) is 3. The third-order valence-corrected chi connectivity index (χ3v) is 4.20. The smallest absolute Gasteiger partial charge is 0.188 e. The Morgan fingerprint density at radius 3 is 2.38 bits per heavy atom. The van der Waals surface area contributed by atoms with Gasteiger partial charge < -0.3 is 0 Å². The lowest BCUT2D eigenvalue weighted by Gasteiger charge is -2.11. The van der Waals surface area contributed by atoms with Gasteiger partial charge in [0, 0.05) is 28.9 Å². The summed E-state index contributed by atoms with van der Waals surface area (Å²) in [4.78, 5) is 21.6. The zero-order chi connectivity index (χ0) is 17.8. The van der Waals surface area contributed by atoms with Crippen molar-refractivity contribution in [2.75, 3.05) is 0 Å². The Morgan fingerprint density at radius 2 is 1.58 bits per heavy atom. The molecule has 0 radical (unpaired) electrons. The SMILES string of the molecule is O=C(C=Cc1ccccn1)c1cnc2ccccc2c1-c1ccccc1. The second kappa shape index (κ2) is 7.11. The molecule has 0 aliphatic rings. The molecule has 3 heteroatoms. The second-order valence-corrected chi connectivity index (χ2v) is 5.88. The molecule has 124 valence electrons. The first-order valence-electron chi connectivity index (χ1n) is 8.39. The average Bonchev–Trinajstić information content (AvgIpc) is 2.72. The van der Waals surface area contributed by atoms with E-state index in [2.05, 4.69) is 9.97 Å². The molecule has 0 bridgehead atoms. The summed E-state index contributed by atoms with van der Waals surface area (Å²) in [6, 6.07) is 23.4. The number of benzene rings is 2. The number of hydrogen-bond donors (Lipinski definition) is 0. The van der Waals surface area contributed by atoms with Gasteiger partial charge in [0.15, 0.2) is 5.78 Å². The number of nitrogens with zero attached hydrogens (tertiary/aromatic N) is 2. The zero-order valence-corrected chi connectivity index (χ0v) is 14.0. The van der Waals surface area contributed by atoms with E-state index >= 15 is 0 Å². The van der Waals surface area contributed by atoms with Crippen LogP contribution >= 0.6 is 0 Å². The summed E-state index contributed by atoms with van der Waals surface area (Å²) in [6.45, 7) is 0. The molecule has 0 aliphatic heterocycles. The van der Waals surface area contributed by atoms with Crippen LogP contribution in [0.5, 0.6) is 0 Å². The molecule has 4 aromatic rings. The van der Waals surface area contributed by atoms with Crippen molar-refractivity contribution >= 4 is 22.8 Å². The van der Waals surface area contributed by atoms with Crippen LogP contribution < -0.4 is 0 Å². The highest BCUT2D eigenvalue weighted by molar-refractivity contribution is 6.15. The van der Waals surface area contributed by atoms with E-state index in [0.29, 0.717) is 5.56 Å². The average molecular weight is 336 g/mol. The quantitative estimate of drug-likeness (QED) is 0.380. The maximum Gasteiger partial charge on any atom is 0.188 e. The fourth-order valence-electron chi connectivity index (χ4n) is 2.97. The van der Waals surface area contributed by atoms with Crippen molar-refractivity contribution in [3.8, 4) is 11.1 Å². The van der Waals surface area contributed by atoms with Crippen LogP contribution in [0.4, 0.5) is 0 Å². The summed E-state index contributed by atoms with van der Waals surface area (Å²) in [7, 11) is 0. The Hall–Kier alpha value is -3.59. The first-order chi connectivity index (χ1) is 12.8. The van der Waals surface area contributed by atoms with Crippen molar-refractivity contribution in [1.29, 1.82) is 0 Å². The summed E-state index contributed by atoms with van der Waals surface area (Å²) in [5.74, 6) is -0.0900. The topological polar surface area (TPSA) is 42.9 Å². The number of fused-ring (bicyclic) bond motifs is 1. The van der Waals surface area contributed by atoms with Crippen LogP contribution in [0.2, 0.25) is 0 Å². The fourth-order valence-corrected chi connectivity index (χ4v) is 2.97. The minimum atomic E-state index is -0.0900. The summed E-state index contributed by atoms with van der Waals surface area (Å²) in [5.41, 5.74) is 4.11. The van der Waals surface area contributed by atoms with E-state index in [9.17, 15) is 4.79 Å². The number of para-hydroxylation sites is 1. The van der Waals surface area contributed by atoms with Crippen molar-refractivity contribution in [2.24, 2.45) is 0 Å². The molecule has 0 aliphatic carbocycles. The summed E-state index contributed by atoms with van der Waals surface area (Å²) in [5, 5.41) is 0.968. The molecule has 26 heavy (non-hydrogen) atoms. The van der Waals surface area contributed by atoms with Crippen LogP contribution in [0.15, 0.2) is 91.3 Å². The maximum atomic E-state index is 12.9. The standard InChI is InChI=1S/C23H16N2O/c26-22(14-13-18-10-6-7-15-24-18)20-16-25-21-12-5-4-11-19(21)23(20)17-8-2-1-3-9-17/h1-16H. The Labute approximate surface area is 151 Å². The lowest BCUT2D eigenvalue weighted by molar-refractivity contribution is 0.104. The van der Waals surface area contributed by atoms with Crippen molar-refractivity contribution in [3.63, 3.8) is 0 Å². The number of carbonyl (C=O) groups is 1. The molecule has 2 heterocycles. The second-order valence-electron chi connectivity index (χ2n) is 5.88. The number of aromatic nitrogens is 2. The molecule has 2 aromatic heterocycles. The third kappa shape index (κ3) is 3.15.